The number of benzene rings is 1. The maximum atomic E-state index is 12.6. The van der Waals surface area contributed by atoms with Gasteiger partial charge in [-0.05, 0) is 55.2 Å². The van der Waals surface area contributed by atoms with Crippen molar-refractivity contribution in [3.05, 3.63) is 51.9 Å². The summed E-state index contributed by atoms with van der Waals surface area (Å²) in [6.07, 6.45) is 4.86. The molecule has 2 heterocycles. The first-order valence-electron chi connectivity index (χ1n) is 7.27. The van der Waals surface area contributed by atoms with Gasteiger partial charge in [0.05, 0.1) is 6.26 Å². The van der Waals surface area contributed by atoms with E-state index >= 15 is 0 Å². The van der Waals surface area contributed by atoms with E-state index in [0.717, 1.165) is 40.9 Å². The molecule has 110 valence electrons. The van der Waals surface area contributed by atoms with Crippen LogP contribution in [-0.4, -0.2) is 12.5 Å². The van der Waals surface area contributed by atoms with Crippen LogP contribution in [0.15, 0.2) is 39.4 Å². The quantitative estimate of drug-likeness (QED) is 0.830. The van der Waals surface area contributed by atoms with Gasteiger partial charge in [0.25, 0.3) is 0 Å². The standard InChI is InChI=1S/C17H18BrNO2/c1-12-10-14(18)11-13-4-2-8-19(17(12)13)16(20)7-6-15-5-3-9-21-15/h3,5,9-11H,2,4,6-8H2,1H3. The number of hydrogen-bond acceptors (Lipinski definition) is 2. The normalized spacial score (nSPS) is 14.1. The third-order valence-electron chi connectivity index (χ3n) is 3.91. The van der Waals surface area contributed by atoms with Gasteiger partial charge in [-0.15, -0.1) is 0 Å². The van der Waals surface area contributed by atoms with Gasteiger partial charge in [0, 0.05) is 29.5 Å². The zero-order valence-corrected chi connectivity index (χ0v) is 13.6. The van der Waals surface area contributed by atoms with Gasteiger partial charge in [0.2, 0.25) is 5.91 Å². The van der Waals surface area contributed by atoms with Gasteiger partial charge in [-0.1, -0.05) is 15.9 Å². The zero-order chi connectivity index (χ0) is 14.8. The highest BCUT2D eigenvalue weighted by Crippen LogP contribution is 2.34. The summed E-state index contributed by atoms with van der Waals surface area (Å²) >= 11 is 3.54. The molecule has 1 aromatic carbocycles. The van der Waals surface area contributed by atoms with Gasteiger partial charge in [0.15, 0.2) is 0 Å². The smallest absolute Gasteiger partial charge is 0.227 e. The van der Waals surface area contributed by atoms with Crippen LogP contribution in [0.2, 0.25) is 0 Å². The molecule has 0 atom stereocenters. The molecule has 0 spiro atoms. The summed E-state index contributed by atoms with van der Waals surface area (Å²) in [4.78, 5) is 14.5. The molecule has 21 heavy (non-hydrogen) atoms. The van der Waals surface area contributed by atoms with Crippen LogP contribution in [0.3, 0.4) is 0 Å². The summed E-state index contributed by atoms with van der Waals surface area (Å²) in [5.74, 6) is 1.05. The monoisotopic (exact) mass is 347 g/mol. The lowest BCUT2D eigenvalue weighted by molar-refractivity contribution is -0.118. The van der Waals surface area contributed by atoms with Crippen LogP contribution >= 0.6 is 15.9 Å². The highest BCUT2D eigenvalue weighted by Gasteiger charge is 2.24. The van der Waals surface area contributed by atoms with Gasteiger partial charge < -0.3 is 9.32 Å². The molecular formula is C17H18BrNO2. The average Bonchev–Trinajstić information content (AvgIpc) is 2.97. The summed E-state index contributed by atoms with van der Waals surface area (Å²) in [5.41, 5.74) is 3.53. The molecule has 1 aliphatic rings. The first-order valence-corrected chi connectivity index (χ1v) is 8.06. The lowest BCUT2D eigenvalue weighted by atomic mass is 9.98. The molecule has 0 saturated heterocycles. The van der Waals surface area contributed by atoms with Crippen LogP contribution in [0.1, 0.15) is 29.7 Å². The number of hydrogen-bond donors (Lipinski definition) is 0. The number of aryl methyl sites for hydroxylation is 3. The molecule has 0 N–H and O–H groups in total. The van der Waals surface area contributed by atoms with Crippen LogP contribution in [0.4, 0.5) is 5.69 Å². The average molecular weight is 348 g/mol. The number of rotatable bonds is 3. The first-order chi connectivity index (χ1) is 10.1. The van der Waals surface area contributed by atoms with E-state index in [1.54, 1.807) is 6.26 Å². The van der Waals surface area contributed by atoms with Crippen molar-refractivity contribution in [2.45, 2.75) is 32.6 Å². The van der Waals surface area contributed by atoms with Crippen LogP contribution < -0.4 is 4.90 Å². The number of fused-ring (bicyclic) bond motifs is 1. The van der Waals surface area contributed by atoms with Gasteiger partial charge in [-0.25, -0.2) is 0 Å². The molecule has 0 fully saturated rings. The Morgan fingerprint density at radius 1 is 1.43 bits per heavy atom. The molecule has 2 aromatic rings. The molecule has 3 nitrogen and oxygen atoms in total. The predicted molar refractivity (Wildman–Crippen MR) is 86.6 cm³/mol. The van der Waals surface area contributed by atoms with Crippen molar-refractivity contribution >= 4 is 27.5 Å². The van der Waals surface area contributed by atoms with Gasteiger partial charge in [-0.2, -0.15) is 0 Å². The van der Waals surface area contributed by atoms with Crippen molar-refractivity contribution in [2.75, 3.05) is 11.4 Å². The summed E-state index contributed by atoms with van der Waals surface area (Å²) in [7, 11) is 0. The molecule has 1 amide bonds. The van der Waals surface area contributed by atoms with Gasteiger partial charge in [0.1, 0.15) is 5.76 Å². The molecule has 0 unspecified atom stereocenters. The number of anilines is 1. The highest BCUT2D eigenvalue weighted by atomic mass is 79.9. The summed E-state index contributed by atoms with van der Waals surface area (Å²) in [6.45, 7) is 2.88. The molecule has 0 bridgehead atoms. The van der Waals surface area contributed by atoms with Crippen molar-refractivity contribution in [3.8, 4) is 0 Å². The van der Waals surface area contributed by atoms with Crippen molar-refractivity contribution in [3.63, 3.8) is 0 Å². The van der Waals surface area contributed by atoms with Crippen LogP contribution in [0.25, 0.3) is 0 Å². The molecule has 1 aromatic heterocycles. The molecule has 3 rings (SSSR count). The summed E-state index contributed by atoms with van der Waals surface area (Å²) in [5, 5.41) is 0. The topological polar surface area (TPSA) is 33.5 Å². The van der Waals surface area contributed by atoms with E-state index in [-0.39, 0.29) is 5.91 Å². The Hall–Kier alpha value is -1.55. The fourth-order valence-electron chi connectivity index (χ4n) is 2.99. The highest BCUT2D eigenvalue weighted by molar-refractivity contribution is 9.10. The second-order valence-corrected chi connectivity index (χ2v) is 6.37. The van der Waals surface area contributed by atoms with Crippen molar-refractivity contribution in [2.24, 2.45) is 0 Å². The van der Waals surface area contributed by atoms with E-state index < -0.39 is 0 Å². The molecule has 0 aliphatic carbocycles. The molecule has 4 heteroatoms. The SMILES string of the molecule is Cc1cc(Br)cc2c1N(C(=O)CCc1ccco1)CCC2. The molecular weight excluding hydrogens is 330 g/mol. The van der Waals surface area contributed by atoms with Gasteiger partial charge in [-0.3, -0.25) is 4.79 Å². The van der Waals surface area contributed by atoms with Gasteiger partial charge >= 0.3 is 0 Å². The van der Waals surface area contributed by atoms with Crippen molar-refractivity contribution in [1.82, 2.24) is 0 Å². The largest absolute Gasteiger partial charge is 0.469 e. The number of carbonyl (C=O) groups is 1. The zero-order valence-electron chi connectivity index (χ0n) is 12.1. The van der Waals surface area contributed by atoms with E-state index in [1.807, 2.05) is 17.0 Å². The Bertz CT molecular complexity index is 649. The Balaban J connectivity index is 1.79. The fourth-order valence-corrected chi connectivity index (χ4v) is 3.61. The minimum absolute atomic E-state index is 0.178. The van der Waals surface area contributed by atoms with Crippen molar-refractivity contribution in [1.29, 1.82) is 0 Å². The maximum Gasteiger partial charge on any atom is 0.227 e. The van der Waals surface area contributed by atoms with E-state index in [2.05, 4.69) is 35.0 Å². The number of halogens is 1. The number of furan rings is 1. The first kappa shape index (κ1) is 14.4. The Kier molecular flexibility index (Phi) is 4.15. The second-order valence-electron chi connectivity index (χ2n) is 5.46. The lowest BCUT2D eigenvalue weighted by Gasteiger charge is -2.31. The second kappa shape index (κ2) is 6.06. The van der Waals surface area contributed by atoms with Crippen LogP contribution in [0.5, 0.6) is 0 Å². The van der Waals surface area contributed by atoms with E-state index in [4.69, 9.17) is 4.42 Å². The number of carbonyl (C=O) groups excluding carboxylic acids is 1. The van der Waals surface area contributed by atoms with E-state index in [1.165, 1.54) is 5.56 Å². The Morgan fingerprint density at radius 3 is 3.05 bits per heavy atom. The predicted octanol–water partition coefficient (Wildman–Crippen LogP) is 4.26. The lowest BCUT2D eigenvalue weighted by Crippen LogP contribution is -2.36. The summed E-state index contributed by atoms with van der Waals surface area (Å²) in [6, 6.07) is 7.99. The van der Waals surface area contributed by atoms with Crippen molar-refractivity contribution < 1.29 is 9.21 Å². The molecule has 0 radical (unpaired) electrons. The summed E-state index contributed by atoms with van der Waals surface area (Å²) < 4.78 is 6.39. The third kappa shape index (κ3) is 3.05. The number of amides is 1. The Morgan fingerprint density at radius 2 is 2.29 bits per heavy atom. The van der Waals surface area contributed by atoms with E-state index in [9.17, 15) is 4.79 Å². The van der Waals surface area contributed by atoms with Crippen LogP contribution in [-0.2, 0) is 17.6 Å². The minimum Gasteiger partial charge on any atom is -0.469 e. The van der Waals surface area contributed by atoms with E-state index in [0.29, 0.717) is 12.8 Å². The third-order valence-corrected chi connectivity index (χ3v) is 4.37. The Labute approximate surface area is 133 Å². The molecule has 0 saturated carbocycles. The number of nitrogens with zero attached hydrogens (tertiary/aromatic N) is 1. The fraction of sp³-hybridized carbons (Fsp3) is 0.353. The maximum absolute atomic E-state index is 12.6. The molecule has 1 aliphatic heterocycles. The van der Waals surface area contributed by atoms with Crippen LogP contribution in [0, 0.1) is 6.92 Å². The minimum atomic E-state index is 0.178.